The smallest absolute Gasteiger partial charge is 0.449 e. The Morgan fingerprint density at radius 2 is 2.00 bits per heavy atom. The Kier molecular flexibility index (Phi) is 5.81. The highest BCUT2D eigenvalue weighted by atomic mass is 32.2. The number of fused-ring (bicyclic) bond motifs is 1. The van der Waals surface area contributed by atoms with Gasteiger partial charge in [0.05, 0.1) is 6.61 Å². The predicted octanol–water partition coefficient (Wildman–Crippen LogP) is 3.21. The Morgan fingerprint density at radius 3 is 2.64 bits per heavy atom. The monoisotopic (exact) mass is 381 g/mol. The van der Waals surface area contributed by atoms with Gasteiger partial charge in [-0.25, -0.2) is 4.79 Å². The lowest BCUT2D eigenvalue weighted by atomic mass is 10.00. The molecule has 1 aromatic carbocycles. The van der Waals surface area contributed by atoms with Gasteiger partial charge >= 0.3 is 21.7 Å². The summed E-state index contributed by atoms with van der Waals surface area (Å²) in [7, 11) is -5.70. The Labute approximate surface area is 143 Å². The second-order valence-electron chi connectivity index (χ2n) is 5.55. The largest absolute Gasteiger partial charge is 0.534 e. The van der Waals surface area contributed by atoms with Crippen LogP contribution in [0.1, 0.15) is 30.9 Å². The van der Waals surface area contributed by atoms with Gasteiger partial charge in [0.1, 0.15) is 5.75 Å². The second kappa shape index (κ2) is 7.51. The van der Waals surface area contributed by atoms with Crippen molar-refractivity contribution < 1.29 is 35.3 Å². The lowest BCUT2D eigenvalue weighted by molar-refractivity contribution is -0.0500. The van der Waals surface area contributed by atoms with Gasteiger partial charge in [-0.15, -0.1) is 0 Å². The number of alkyl halides is 3. The molecule has 1 aromatic rings. The summed E-state index contributed by atoms with van der Waals surface area (Å²) >= 11 is 0. The van der Waals surface area contributed by atoms with E-state index in [1.54, 1.807) is 0 Å². The molecule has 25 heavy (non-hydrogen) atoms. The first kappa shape index (κ1) is 19.4. The average molecular weight is 381 g/mol. The fourth-order valence-corrected chi connectivity index (χ4v) is 2.76. The number of unbranched alkanes of at least 4 members (excludes halogenated alkanes) is 1. The minimum atomic E-state index is -5.70. The van der Waals surface area contributed by atoms with Gasteiger partial charge in [-0.3, -0.25) is 0 Å². The van der Waals surface area contributed by atoms with E-state index in [-0.39, 0.29) is 6.54 Å². The summed E-state index contributed by atoms with van der Waals surface area (Å²) in [6, 6.07) is 3.83. The van der Waals surface area contributed by atoms with Crippen LogP contribution in [0.2, 0.25) is 0 Å². The molecule has 0 bridgehead atoms. The summed E-state index contributed by atoms with van der Waals surface area (Å²) in [6.07, 6.45) is 1.59. The number of amides is 1. The lowest BCUT2D eigenvalue weighted by Gasteiger charge is -2.28. The number of nitrogens with zero attached hydrogens (tertiary/aromatic N) is 1. The molecule has 2 rings (SSSR count). The zero-order valence-corrected chi connectivity index (χ0v) is 14.3. The Hall–Kier alpha value is -1.97. The van der Waals surface area contributed by atoms with Crippen molar-refractivity contribution in [3.05, 3.63) is 29.3 Å². The van der Waals surface area contributed by atoms with Crippen LogP contribution < -0.4 is 4.18 Å². The van der Waals surface area contributed by atoms with Crippen LogP contribution in [0.15, 0.2) is 18.2 Å². The molecule has 0 N–H and O–H groups in total. The predicted molar refractivity (Wildman–Crippen MR) is 82.4 cm³/mol. The van der Waals surface area contributed by atoms with E-state index in [4.69, 9.17) is 4.74 Å². The summed E-state index contributed by atoms with van der Waals surface area (Å²) in [5.41, 5.74) is -4.15. The van der Waals surface area contributed by atoms with Crippen LogP contribution in [0.5, 0.6) is 5.75 Å². The Bertz CT molecular complexity index is 733. The summed E-state index contributed by atoms with van der Waals surface area (Å²) in [4.78, 5) is 13.4. The molecule has 0 fully saturated rings. The highest BCUT2D eigenvalue weighted by Gasteiger charge is 2.48. The van der Waals surface area contributed by atoms with E-state index >= 15 is 0 Å². The third-order valence-electron chi connectivity index (χ3n) is 3.66. The van der Waals surface area contributed by atoms with Crippen molar-refractivity contribution >= 4 is 16.2 Å². The first-order valence-electron chi connectivity index (χ1n) is 7.68. The van der Waals surface area contributed by atoms with Crippen molar-refractivity contribution in [2.75, 3.05) is 13.2 Å². The first-order chi connectivity index (χ1) is 11.6. The molecular formula is C15H18F3NO5S. The van der Waals surface area contributed by atoms with Gasteiger partial charge < -0.3 is 13.8 Å². The van der Waals surface area contributed by atoms with Gasteiger partial charge in [0.15, 0.2) is 0 Å². The zero-order valence-electron chi connectivity index (χ0n) is 13.5. The fourth-order valence-electron chi connectivity index (χ4n) is 2.31. The quantitative estimate of drug-likeness (QED) is 0.445. The maximum atomic E-state index is 12.4. The molecule has 10 heteroatoms. The minimum absolute atomic E-state index is 0.243. The Balaban J connectivity index is 2.05. The molecule has 0 unspecified atom stereocenters. The number of benzene rings is 1. The van der Waals surface area contributed by atoms with E-state index in [1.165, 1.54) is 17.0 Å². The molecule has 0 atom stereocenters. The van der Waals surface area contributed by atoms with Crippen LogP contribution in [0, 0.1) is 0 Å². The third-order valence-corrected chi connectivity index (χ3v) is 4.64. The highest BCUT2D eigenvalue weighted by molar-refractivity contribution is 7.88. The van der Waals surface area contributed by atoms with Crippen molar-refractivity contribution in [1.82, 2.24) is 4.90 Å². The van der Waals surface area contributed by atoms with Crippen molar-refractivity contribution in [1.29, 1.82) is 0 Å². The van der Waals surface area contributed by atoms with E-state index in [2.05, 4.69) is 4.18 Å². The standard InChI is InChI=1S/C15H18F3NO5S/c1-2-3-8-23-14(20)19-7-6-11-9-13(5-4-12(11)10-19)24-25(21,22)15(16,17)18/h4-5,9H,2-3,6-8,10H2,1H3. The van der Waals surface area contributed by atoms with Gasteiger partial charge in [-0.1, -0.05) is 19.4 Å². The average Bonchev–Trinajstić information content (AvgIpc) is 2.53. The van der Waals surface area contributed by atoms with Gasteiger partial charge in [0.25, 0.3) is 0 Å². The van der Waals surface area contributed by atoms with Crippen LogP contribution >= 0.6 is 0 Å². The lowest BCUT2D eigenvalue weighted by Crippen LogP contribution is -2.36. The normalized spacial score (nSPS) is 14.8. The molecule has 0 aliphatic carbocycles. The number of halogens is 3. The number of hydrogen-bond donors (Lipinski definition) is 0. The van der Waals surface area contributed by atoms with Crippen LogP contribution in [0.25, 0.3) is 0 Å². The molecule has 0 spiro atoms. The number of ether oxygens (including phenoxy) is 1. The van der Waals surface area contributed by atoms with Gasteiger partial charge in [0.2, 0.25) is 0 Å². The van der Waals surface area contributed by atoms with Crippen LogP contribution in [-0.4, -0.2) is 38.1 Å². The molecular weight excluding hydrogens is 363 g/mol. The van der Waals surface area contributed by atoms with E-state index in [0.717, 1.165) is 18.9 Å². The summed E-state index contributed by atoms with van der Waals surface area (Å²) in [6.45, 7) is 2.88. The first-order valence-corrected chi connectivity index (χ1v) is 9.09. The Morgan fingerprint density at radius 1 is 1.28 bits per heavy atom. The molecule has 140 valence electrons. The molecule has 0 saturated carbocycles. The molecule has 1 heterocycles. The third kappa shape index (κ3) is 4.77. The summed E-state index contributed by atoms with van der Waals surface area (Å²) in [5.74, 6) is -0.407. The number of carbonyl (C=O) groups excluding carboxylic acids is 1. The molecule has 6 nitrogen and oxygen atoms in total. The van der Waals surface area contributed by atoms with Crippen molar-refractivity contribution in [3.8, 4) is 5.75 Å². The number of carbonyl (C=O) groups is 1. The van der Waals surface area contributed by atoms with E-state index < -0.39 is 27.5 Å². The van der Waals surface area contributed by atoms with E-state index in [9.17, 15) is 26.4 Å². The number of hydrogen-bond acceptors (Lipinski definition) is 5. The number of rotatable bonds is 5. The fraction of sp³-hybridized carbons (Fsp3) is 0.533. The van der Waals surface area contributed by atoms with E-state index in [1.807, 2.05) is 6.92 Å². The molecule has 0 aromatic heterocycles. The maximum absolute atomic E-state index is 12.4. The molecule has 1 aliphatic heterocycles. The molecule has 0 radical (unpaired) electrons. The topological polar surface area (TPSA) is 72.9 Å². The second-order valence-corrected chi connectivity index (χ2v) is 7.09. The highest BCUT2D eigenvalue weighted by Crippen LogP contribution is 2.29. The van der Waals surface area contributed by atoms with Crippen LogP contribution in [0.3, 0.4) is 0 Å². The maximum Gasteiger partial charge on any atom is 0.534 e. The van der Waals surface area contributed by atoms with Gasteiger partial charge in [0, 0.05) is 13.1 Å². The summed E-state index contributed by atoms with van der Waals surface area (Å²) in [5, 5.41) is 0. The zero-order chi connectivity index (χ0) is 18.7. The SMILES string of the molecule is CCCCOC(=O)N1CCc2cc(OS(=O)(=O)C(F)(F)F)ccc2C1. The molecule has 1 amide bonds. The van der Waals surface area contributed by atoms with Crippen molar-refractivity contribution in [2.24, 2.45) is 0 Å². The van der Waals surface area contributed by atoms with Crippen molar-refractivity contribution in [2.45, 2.75) is 38.2 Å². The molecule has 0 saturated heterocycles. The van der Waals surface area contributed by atoms with E-state index in [0.29, 0.717) is 30.7 Å². The van der Waals surface area contributed by atoms with Crippen LogP contribution in [0.4, 0.5) is 18.0 Å². The summed E-state index contributed by atoms with van der Waals surface area (Å²) < 4.78 is 68.4. The van der Waals surface area contributed by atoms with Gasteiger partial charge in [-0.05, 0) is 36.1 Å². The molecule has 1 aliphatic rings. The van der Waals surface area contributed by atoms with Crippen molar-refractivity contribution in [3.63, 3.8) is 0 Å². The van der Waals surface area contributed by atoms with Crippen LogP contribution in [-0.2, 0) is 27.8 Å². The minimum Gasteiger partial charge on any atom is -0.449 e. The van der Waals surface area contributed by atoms with Gasteiger partial charge in [-0.2, -0.15) is 21.6 Å².